The number of nitrogens with zero attached hydrogens (tertiary/aromatic N) is 4. The number of benzene rings is 2. The lowest BCUT2D eigenvalue weighted by atomic mass is 10.1. The van der Waals surface area contributed by atoms with Crippen LogP contribution in [0.15, 0.2) is 70.5 Å². The zero-order valence-corrected chi connectivity index (χ0v) is 14.4. The Labute approximate surface area is 151 Å². The summed E-state index contributed by atoms with van der Waals surface area (Å²) in [6.07, 6.45) is 4.93. The fourth-order valence-electron chi connectivity index (χ4n) is 2.02. The monoisotopic (exact) mass is 397 g/mol. The molecule has 0 saturated carbocycles. The van der Waals surface area contributed by atoms with Crippen LogP contribution in [0, 0.1) is 10.1 Å². The fourth-order valence-corrected chi connectivity index (χ4v) is 2.29. The fraction of sp³-hybridized carbons (Fsp3) is 0. The first-order valence-electron chi connectivity index (χ1n) is 7.23. The molecule has 3 aromatic rings. The molecule has 7 nitrogen and oxygen atoms in total. The first kappa shape index (κ1) is 16.7. The molecule has 0 bridgehead atoms. The van der Waals surface area contributed by atoms with E-state index in [4.69, 9.17) is 0 Å². The normalized spacial score (nSPS) is 10.8. The van der Waals surface area contributed by atoms with Gasteiger partial charge in [0.2, 0.25) is 5.95 Å². The number of hydrogen-bond acceptors (Lipinski definition) is 6. The number of non-ortho nitro benzene ring substituents is 1. The minimum Gasteiger partial charge on any atom is -0.258 e. The molecular formula is C17H12BrN5O2. The Morgan fingerprint density at radius 1 is 1.00 bits per heavy atom. The lowest BCUT2D eigenvalue weighted by molar-refractivity contribution is -0.384. The van der Waals surface area contributed by atoms with Crippen molar-refractivity contribution in [2.45, 2.75) is 0 Å². The largest absolute Gasteiger partial charge is 0.269 e. The van der Waals surface area contributed by atoms with E-state index in [0.717, 1.165) is 21.2 Å². The van der Waals surface area contributed by atoms with Crippen LogP contribution >= 0.6 is 15.9 Å². The van der Waals surface area contributed by atoms with Crippen LogP contribution in [0.1, 0.15) is 5.56 Å². The predicted molar refractivity (Wildman–Crippen MR) is 99.5 cm³/mol. The summed E-state index contributed by atoms with van der Waals surface area (Å²) >= 11 is 3.37. The van der Waals surface area contributed by atoms with Crippen molar-refractivity contribution in [1.82, 2.24) is 9.97 Å². The zero-order valence-electron chi connectivity index (χ0n) is 12.8. The number of hydrogen-bond donors (Lipinski definition) is 1. The van der Waals surface area contributed by atoms with Crippen LogP contribution < -0.4 is 5.43 Å². The van der Waals surface area contributed by atoms with E-state index in [-0.39, 0.29) is 5.69 Å². The molecule has 124 valence electrons. The topological polar surface area (TPSA) is 93.3 Å². The van der Waals surface area contributed by atoms with Crippen molar-refractivity contribution in [1.29, 1.82) is 0 Å². The number of nitro benzene ring substituents is 1. The summed E-state index contributed by atoms with van der Waals surface area (Å²) in [5, 5.41) is 14.8. The van der Waals surface area contributed by atoms with E-state index < -0.39 is 4.92 Å². The molecule has 0 aliphatic carbocycles. The second-order valence-electron chi connectivity index (χ2n) is 5.02. The summed E-state index contributed by atoms with van der Waals surface area (Å²) in [5.74, 6) is 0.360. The zero-order chi connectivity index (χ0) is 17.6. The predicted octanol–water partition coefficient (Wildman–Crippen LogP) is 4.26. The third-order valence-corrected chi connectivity index (χ3v) is 3.84. The molecular weight excluding hydrogens is 386 g/mol. The van der Waals surface area contributed by atoms with Crippen molar-refractivity contribution < 1.29 is 4.92 Å². The third kappa shape index (κ3) is 4.45. The molecule has 0 spiro atoms. The minimum atomic E-state index is -0.434. The number of anilines is 1. The Morgan fingerprint density at radius 3 is 2.24 bits per heavy atom. The van der Waals surface area contributed by atoms with E-state index in [2.05, 4.69) is 36.4 Å². The molecule has 1 N–H and O–H groups in total. The van der Waals surface area contributed by atoms with Gasteiger partial charge in [0, 0.05) is 34.6 Å². The summed E-state index contributed by atoms with van der Waals surface area (Å²) in [6.45, 7) is 0. The minimum absolute atomic E-state index is 0.0465. The average molecular weight is 398 g/mol. The Bertz CT molecular complexity index is 894. The van der Waals surface area contributed by atoms with Gasteiger partial charge in [0.15, 0.2) is 0 Å². The van der Waals surface area contributed by atoms with Gasteiger partial charge < -0.3 is 0 Å². The molecule has 0 saturated heterocycles. The molecule has 1 aromatic heterocycles. The number of nitro groups is 1. The highest BCUT2D eigenvalue weighted by molar-refractivity contribution is 9.10. The quantitative estimate of drug-likeness (QED) is 0.394. The average Bonchev–Trinajstić information content (AvgIpc) is 2.64. The molecule has 2 aromatic carbocycles. The van der Waals surface area contributed by atoms with Gasteiger partial charge >= 0.3 is 0 Å². The van der Waals surface area contributed by atoms with Gasteiger partial charge in [-0.15, -0.1) is 0 Å². The lowest BCUT2D eigenvalue weighted by Crippen LogP contribution is -1.96. The molecule has 0 aliphatic heterocycles. The van der Waals surface area contributed by atoms with E-state index in [1.165, 1.54) is 12.1 Å². The summed E-state index contributed by atoms with van der Waals surface area (Å²) in [5.41, 5.74) is 5.31. The number of aromatic nitrogens is 2. The van der Waals surface area contributed by atoms with Gasteiger partial charge in [-0.1, -0.05) is 28.1 Å². The highest BCUT2D eigenvalue weighted by Gasteiger charge is 2.06. The smallest absolute Gasteiger partial charge is 0.258 e. The maximum absolute atomic E-state index is 10.7. The van der Waals surface area contributed by atoms with Crippen LogP contribution in [0.3, 0.4) is 0 Å². The van der Waals surface area contributed by atoms with Gasteiger partial charge in [0.1, 0.15) is 0 Å². The Morgan fingerprint density at radius 2 is 1.64 bits per heavy atom. The SMILES string of the molecule is O=[N+]([O-])c1ccc(-c2cnc(N/N=C/c3ccc(Br)cc3)nc2)cc1. The van der Waals surface area contributed by atoms with Crippen molar-refractivity contribution in [3.8, 4) is 11.1 Å². The standard InChI is InChI=1S/C17H12BrN5O2/c18-15-5-1-12(2-6-15)9-21-22-17-19-10-14(11-20-17)13-3-7-16(8-4-13)23(24)25/h1-11H,(H,19,20,22)/b21-9+. The number of nitrogens with one attached hydrogen (secondary N) is 1. The van der Waals surface area contributed by atoms with Crippen molar-refractivity contribution in [3.63, 3.8) is 0 Å². The Hall–Kier alpha value is -3.13. The molecule has 0 amide bonds. The van der Waals surface area contributed by atoms with Crippen molar-refractivity contribution in [2.75, 3.05) is 5.43 Å². The van der Waals surface area contributed by atoms with E-state index in [9.17, 15) is 10.1 Å². The summed E-state index contributed by atoms with van der Waals surface area (Å²) in [6, 6.07) is 13.9. The number of hydrazone groups is 1. The summed E-state index contributed by atoms with van der Waals surface area (Å²) in [7, 11) is 0. The molecule has 0 unspecified atom stereocenters. The Kier molecular flexibility index (Phi) is 5.10. The second kappa shape index (κ2) is 7.63. The Balaban J connectivity index is 1.65. The molecule has 0 aliphatic rings. The van der Waals surface area contributed by atoms with Gasteiger partial charge in [-0.3, -0.25) is 10.1 Å². The van der Waals surface area contributed by atoms with Gasteiger partial charge in [0.05, 0.1) is 11.1 Å². The summed E-state index contributed by atoms with van der Waals surface area (Å²) in [4.78, 5) is 18.6. The van der Waals surface area contributed by atoms with Crippen molar-refractivity contribution >= 4 is 33.8 Å². The van der Waals surface area contributed by atoms with E-state index >= 15 is 0 Å². The van der Waals surface area contributed by atoms with Crippen LogP contribution in [0.25, 0.3) is 11.1 Å². The maximum Gasteiger partial charge on any atom is 0.269 e. The van der Waals surface area contributed by atoms with Gasteiger partial charge in [0.25, 0.3) is 5.69 Å². The highest BCUT2D eigenvalue weighted by atomic mass is 79.9. The van der Waals surface area contributed by atoms with E-state index in [0.29, 0.717) is 5.95 Å². The highest BCUT2D eigenvalue weighted by Crippen LogP contribution is 2.21. The van der Waals surface area contributed by atoms with Crippen LogP contribution in [0.4, 0.5) is 11.6 Å². The van der Waals surface area contributed by atoms with E-state index in [1.54, 1.807) is 30.7 Å². The van der Waals surface area contributed by atoms with Gasteiger partial charge in [-0.2, -0.15) is 5.10 Å². The molecule has 3 rings (SSSR count). The van der Waals surface area contributed by atoms with Gasteiger partial charge in [-0.05, 0) is 35.4 Å². The first-order chi connectivity index (χ1) is 12.1. The van der Waals surface area contributed by atoms with Crippen LogP contribution in [-0.4, -0.2) is 21.1 Å². The maximum atomic E-state index is 10.7. The molecule has 0 fully saturated rings. The third-order valence-electron chi connectivity index (χ3n) is 3.31. The van der Waals surface area contributed by atoms with Gasteiger partial charge in [-0.25, -0.2) is 15.4 Å². The van der Waals surface area contributed by atoms with E-state index in [1.807, 2.05) is 24.3 Å². The molecule has 1 heterocycles. The second-order valence-corrected chi connectivity index (χ2v) is 5.94. The molecule has 25 heavy (non-hydrogen) atoms. The van der Waals surface area contributed by atoms with Crippen molar-refractivity contribution in [2.24, 2.45) is 5.10 Å². The number of halogens is 1. The molecule has 0 atom stereocenters. The van der Waals surface area contributed by atoms with Crippen LogP contribution in [0.2, 0.25) is 0 Å². The van der Waals surface area contributed by atoms with Crippen LogP contribution in [0.5, 0.6) is 0 Å². The van der Waals surface area contributed by atoms with Crippen molar-refractivity contribution in [3.05, 3.63) is 81.1 Å². The molecule has 0 radical (unpaired) electrons. The first-order valence-corrected chi connectivity index (χ1v) is 8.02. The van der Waals surface area contributed by atoms with Crippen LogP contribution in [-0.2, 0) is 0 Å². The lowest BCUT2D eigenvalue weighted by Gasteiger charge is -2.02. The molecule has 8 heteroatoms. The summed E-state index contributed by atoms with van der Waals surface area (Å²) < 4.78 is 1.00. The number of rotatable bonds is 5.